The molecule has 3 aliphatic rings. The Labute approximate surface area is 260 Å². The Hall–Kier alpha value is -2.19. The quantitative estimate of drug-likeness (QED) is 0.0913. The van der Waals surface area contributed by atoms with Gasteiger partial charge in [-0.25, -0.2) is 4.79 Å². The summed E-state index contributed by atoms with van der Waals surface area (Å²) in [5.74, 6) is -6.21. The number of carboxylic acid groups (broad SMARTS) is 1. The summed E-state index contributed by atoms with van der Waals surface area (Å²) in [5, 5.41) is 117. The molecule has 21 heteroatoms. The van der Waals surface area contributed by atoms with E-state index in [1.165, 1.54) is 0 Å². The summed E-state index contributed by atoms with van der Waals surface area (Å²) in [5.41, 5.74) is 0. The van der Waals surface area contributed by atoms with Crippen LogP contribution >= 0.6 is 0 Å². The first-order valence-electron chi connectivity index (χ1n) is 14.2. The lowest BCUT2D eigenvalue weighted by atomic mass is 9.88. The van der Waals surface area contributed by atoms with Crippen molar-refractivity contribution in [3.8, 4) is 0 Å². The van der Waals surface area contributed by atoms with Gasteiger partial charge in [-0.1, -0.05) is 0 Å². The molecule has 0 aromatic heterocycles. The molecule has 3 saturated heterocycles. The molecule has 21 nitrogen and oxygen atoms in total. The molecule has 0 spiro atoms. The van der Waals surface area contributed by atoms with Crippen molar-refractivity contribution in [2.24, 2.45) is 0 Å². The Morgan fingerprint density at radius 1 is 0.870 bits per heavy atom. The molecule has 0 unspecified atom stereocenters. The maximum Gasteiger partial charge on any atom is 0.364 e. The summed E-state index contributed by atoms with van der Waals surface area (Å²) in [7, 11) is 0. The smallest absolute Gasteiger partial charge is 0.364 e. The molecule has 3 fully saturated rings. The lowest BCUT2D eigenvalue weighted by Crippen LogP contribution is -2.69. The zero-order valence-corrected chi connectivity index (χ0v) is 24.7. The molecule has 0 aromatic carbocycles. The van der Waals surface area contributed by atoms with Crippen LogP contribution in [0.25, 0.3) is 0 Å². The lowest BCUT2D eigenvalue weighted by molar-refractivity contribution is -0.357. The van der Waals surface area contributed by atoms with Gasteiger partial charge in [-0.2, -0.15) is 0 Å². The Morgan fingerprint density at radius 3 is 2.02 bits per heavy atom. The van der Waals surface area contributed by atoms with Crippen LogP contribution in [0.15, 0.2) is 0 Å². The van der Waals surface area contributed by atoms with Crippen LogP contribution in [-0.2, 0) is 38.1 Å². The number of aliphatic hydroxyl groups is 10. The molecule has 0 bridgehead atoms. The number of carbonyl (C=O) groups excluding carboxylic acids is 2. The van der Waals surface area contributed by atoms with Crippen molar-refractivity contribution in [2.45, 2.75) is 118 Å². The largest absolute Gasteiger partial charge is 0.477 e. The second-order valence-electron chi connectivity index (χ2n) is 11.3. The molecule has 2 amide bonds. The number of hydrogen-bond acceptors (Lipinski definition) is 18. The number of carboxylic acids is 1. The molecule has 0 aliphatic carbocycles. The average Bonchev–Trinajstić information content (AvgIpc) is 2.99. The zero-order chi connectivity index (χ0) is 34.7. The molecule has 13 N–H and O–H groups in total. The maximum absolute atomic E-state index is 12.5. The molecule has 0 radical (unpaired) electrons. The van der Waals surface area contributed by atoms with E-state index in [1.807, 2.05) is 0 Å². The molecule has 0 saturated carbocycles. The molecule has 0 aromatic rings. The number of aliphatic hydroxyl groups excluding tert-OH is 10. The third kappa shape index (κ3) is 8.26. The molecule has 16 atom stereocenters. The highest BCUT2D eigenvalue weighted by atomic mass is 16.7. The van der Waals surface area contributed by atoms with Crippen molar-refractivity contribution in [1.29, 1.82) is 0 Å². The zero-order valence-electron chi connectivity index (χ0n) is 24.7. The van der Waals surface area contributed by atoms with Crippen molar-refractivity contribution in [3.63, 3.8) is 0 Å². The first-order valence-corrected chi connectivity index (χ1v) is 14.2. The third-order valence-corrected chi connectivity index (χ3v) is 7.87. The van der Waals surface area contributed by atoms with Gasteiger partial charge in [0.15, 0.2) is 12.6 Å². The second-order valence-corrected chi connectivity index (χ2v) is 11.3. The van der Waals surface area contributed by atoms with E-state index in [1.54, 1.807) is 0 Å². The van der Waals surface area contributed by atoms with Gasteiger partial charge in [0.2, 0.25) is 11.8 Å². The topological polar surface area (TPSA) is 344 Å². The highest BCUT2D eigenvalue weighted by Gasteiger charge is 2.57. The van der Waals surface area contributed by atoms with Crippen LogP contribution in [0.2, 0.25) is 0 Å². The molecular weight excluding hydrogens is 632 g/mol. The minimum atomic E-state index is -2.86. The van der Waals surface area contributed by atoms with E-state index in [2.05, 4.69) is 10.6 Å². The number of nitrogens with one attached hydrogen (secondary N) is 2. The van der Waals surface area contributed by atoms with Gasteiger partial charge < -0.3 is 90.5 Å². The summed E-state index contributed by atoms with van der Waals surface area (Å²) in [6.07, 6.45) is -25.0. The Kier molecular flexibility index (Phi) is 13.1. The van der Waals surface area contributed by atoms with Gasteiger partial charge in [-0.3, -0.25) is 9.59 Å². The van der Waals surface area contributed by atoms with Gasteiger partial charge in [0.05, 0.1) is 32.0 Å². The molecule has 3 rings (SSSR count). The van der Waals surface area contributed by atoms with Crippen LogP contribution in [0.3, 0.4) is 0 Å². The van der Waals surface area contributed by atoms with E-state index in [0.717, 1.165) is 13.8 Å². The van der Waals surface area contributed by atoms with Crippen molar-refractivity contribution >= 4 is 17.8 Å². The van der Waals surface area contributed by atoms with Crippen LogP contribution in [0.1, 0.15) is 20.3 Å². The van der Waals surface area contributed by atoms with Gasteiger partial charge in [-0.05, 0) is 0 Å². The van der Waals surface area contributed by atoms with E-state index in [-0.39, 0.29) is 0 Å². The van der Waals surface area contributed by atoms with Gasteiger partial charge in [0.25, 0.3) is 5.79 Å². The summed E-state index contributed by atoms with van der Waals surface area (Å²) in [4.78, 5) is 36.0. The second kappa shape index (κ2) is 15.8. The fraction of sp³-hybridized carbons (Fsp3) is 0.880. The number of hydrogen-bond donors (Lipinski definition) is 13. The Bertz CT molecular complexity index is 1050. The van der Waals surface area contributed by atoms with Gasteiger partial charge in [-0.15, -0.1) is 0 Å². The van der Waals surface area contributed by atoms with Crippen LogP contribution in [0.5, 0.6) is 0 Å². The number of carbonyl (C=O) groups is 3. The van der Waals surface area contributed by atoms with Crippen molar-refractivity contribution in [3.05, 3.63) is 0 Å². The van der Waals surface area contributed by atoms with E-state index < -0.39 is 142 Å². The normalized spacial score (nSPS) is 42.9. The van der Waals surface area contributed by atoms with E-state index >= 15 is 0 Å². The van der Waals surface area contributed by atoms with E-state index in [4.69, 9.17) is 23.7 Å². The van der Waals surface area contributed by atoms with Crippen LogP contribution in [0, 0.1) is 0 Å². The SMILES string of the molecule is CC(=O)N[C@@H]1[C@@H](O)[C@H](O[C@@H]2O[C@H](CO)[C@H](O)[C@H](O)[C@H]2O)[C@@H](CO[C@]2(C(=O)O)C[C@H](O)[C@@H](NC(C)=O)[C@H]([C@H](O)[C@H](O)CO)O2)O[C@@H]1O. The minimum absolute atomic E-state index is 0.729. The lowest BCUT2D eigenvalue weighted by Gasteiger charge is -2.48. The van der Waals surface area contributed by atoms with Gasteiger partial charge in [0.1, 0.15) is 67.1 Å². The van der Waals surface area contributed by atoms with Crippen molar-refractivity contribution < 1.29 is 94.2 Å². The molecule has 3 aliphatic heterocycles. The molecular formula is C25H42N2O19. The van der Waals surface area contributed by atoms with E-state index in [9.17, 15) is 70.6 Å². The summed E-state index contributed by atoms with van der Waals surface area (Å²) in [6.45, 7) is -0.736. The first kappa shape index (κ1) is 38.3. The van der Waals surface area contributed by atoms with Crippen molar-refractivity contribution in [1.82, 2.24) is 10.6 Å². The fourth-order valence-electron chi connectivity index (χ4n) is 5.46. The van der Waals surface area contributed by atoms with E-state index in [0.29, 0.717) is 0 Å². The maximum atomic E-state index is 12.5. The number of rotatable bonds is 12. The number of aliphatic carboxylic acids is 1. The summed E-state index contributed by atoms with van der Waals surface area (Å²) >= 11 is 0. The minimum Gasteiger partial charge on any atom is -0.477 e. The molecule has 266 valence electrons. The van der Waals surface area contributed by atoms with Crippen LogP contribution < -0.4 is 10.6 Å². The third-order valence-electron chi connectivity index (χ3n) is 7.87. The Balaban J connectivity index is 1.93. The molecule has 3 heterocycles. The van der Waals surface area contributed by atoms with Crippen LogP contribution in [0.4, 0.5) is 0 Å². The number of amides is 2. The average molecular weight is 675 g/mol. The summed E-state index contributed by atoms with van der Waals surface area (Å²) < 4.78 is 27.5. The predicted molar refractivity (Wildman–Crippen MR) is 142 cm³/mol. The van der Waals surface area contributed by atoms with Crippen molar-refractivity contribution in [2.75, 3.05) is 19.8 Å². The highest BCUT2D eigenvalue weighted by Crippen LogP contribution is 2.35. The Morgan fingerprint density at radius 2 is 1.48 bits per heavy atom. The monoisotopic (exact) mass is 674 g/mol. The highest BCUT2D eigenvalue weighted by molar-refractivity contribution is 5.76. The van der Waals surface area contributed by atoms with Gasteiger partial charge >= 0.3 is 5.97 Å². The fourth-order valence-corrected chi connectivity index (χ4v) is 5.46. The standard InChI is InChI=1S/C25H42N2O19/c1-7(30)26-13-9(32)3-25(24(40)41,46-21(13)15(34)10(33)4-28)42-6-12-20(17(36)14(22(39)43-12)27-8(2)31)45-23-19(38)18(37)16(35)11(5-29)44-23/h9-23,28-29,32-39H,3-6H2,1-2H3,(H,26,30)(H,27,31)(H,40,41)/t9-,10+,11+,12+,13+,14+,15+,16-,17+,18-,19+,20+,21+,22-,23-,25+/m0/s1. The predicted octanol–water partition coefficient (Wildman–Crippen LogP) is -8.08. The molecule has 46 heavy (non-hydrogen) atoms. The summed E-state index contributed by atoms with van der Waals surface area (Å²) in [6, 6.07) is -3.08. The first-order chi connectivity index (χ1) is 21.5. The van der Waals surface area contributed by atoms with Gasteiger partial charge in [0, 0.05) is 20.3 Å². The van der Waals surface area contributed by atoms with Crippen LogP contribution in [-0.4, -0.2) is 191 Å². The number of ether oxygens (including phenoxy) is 5.